The molecule has 288 valence electrons. The average Bonchev–Trinajstić information content (AvgIpc) is 3.62. The van der Waals surface area contributed by atoms with E-state index < -0.39 is 0 Å². The van der Waals surface area contributed by atoms with Gasteiger partial charge in [-0.05, 0) is 126 Å². The van der Waals surface area contributed by atoms with E-state index in [0.29, 0.717) is 40.8 Å². The van der Waals surface area contributed by atoms with E-state index in [-0.39, 0.29) is 6.04 Å². The normalized spacial score (nSPS) is 33.1. The fourth-order valence-electron chi connectivity index (χ4n) is 11.2. The van der Waals surface area contributed by atoms with Crippen LogP contribution in [-0.4, -0.2) is 16.2 Å². The number of nitrogens with zero attached hydrogens (tertiary/aromatic N) is 1. The van der Waals surface area contributed by atoms with Crippen LogP contribution < -0.4 is 0 Å². The van der Waals surface area contributed by atoms with E-state index >= 15 is 0 Å². The first-order chi connectivity index (χ1) is 28.0. The lowest BCUT2D eigenvalue weighted by molar-refractivity contribution is 0.351. The summed E-state index contributed by atoms with van der Waals surface area (Å²) in [5, 5.41) is 0.484. The molecule has 0 bridgehead atoms. The van der Waals surface area contributed by atoms with Crippen molar-refractivity contribution < 1.29 is 0 Å². The van der Waals surface area contributed by atoms with Gasteiger partial charge in [0.25, 0.3) is 0 Å². The third kappa shape index (κ3) is 6.86. The molecule has 0 aromatic heterocycles. The number of thioether (sulfide) groups is 1. The summed E-state index contributed by atoms with van der Waals surface area (Å²) in [7, 11) is 0. The largest absolute Gasteiger partial charge is 0.338 e. The fraction of sp³-hybridized carbons (Fsp3) is 0.345. The number of hydrogen-bond acceptors (Lipinski definition) is 2. The highest BCUT2D eigenvalue weighted by Gasteiger charge is 2.39. The summed E-state index contributed by atoms with van der Waals surface area (Å²) < 4.78 is 0. The Kier molecular flexibility index (Phi) is 10.1. The second kappa shape index (κ2) is 15.7. The topological polar surface area (TPSA) is 3.24 Å². The summed E-state index contributed by atoms with van der Waals surface area (Å²) in [5.41, 5.74) is 16.4. The van der Waals surface area contributed by atoms with Gasteiger partial charge in [-0.2, -0.15) is 0 Å². The number of rotatable bonds is 9. The van der Waals surface area contributed by atoms with Gasteiger partial charge < -0.3 is 4.90 Å². The van der Waals surface area contributed by atoms with Crippen LogP contribution in [0.3, 0.4) is 0 Å². The molecule has 0 saturated carbocycles. The SMILES string of the molecule is C=C/C=C(\CCCC1=C2C(=CCC1)C=CCC2C)N(C1=C2C3=CC(C)CC=C3SC2CC=C1)C1C=CC(C2=CC3C4=C(C=CC3C=C2)C2C=CC=CC2C=C4)=CC1. The van der Waals surface area contributed by atoms with Crippen LogP contribution in [0.4, 0.5) is 0 Å². The van der Waals surface area contributed by atoms with Crippen molar-refractivity contribution in [2.75, 3.05) is 0 Å². The van der Waals surface area contributed by atoms with Crippen molar-refractivity contribution in [2.24, 2.45) is 35.5 Å². The number of hydrogen-bond donors (Lipinski definition) is 0. The Balaban J connectivity index is 0.958. The van der Waals surface area contributed by atoms with E-state index in [2.05, 4.69) is 171 Å². The lowest BCUT2D eigenvalue weighted by atomic mass is 9.67. The Hall–Kier alpha value is -4.53. The molecule has 8 unspecified atom stereocenters. The predicted octanol–water partition coefficient (Wildman–Crippen LogP) is 14.1. The van der Waals surface area contributed by atoms with Crippen LogP contribution in [0.2, 0.25) is 0 Å². The van der Waals surface area contributed by atoms with E-state index in [1.165, 1.54) is 75.4 Å². The highest BCUT2D eigenvalue weighted by Crippen LogP contribution is 2.54. The van der Waals surface area contributed by atoms with Gasteiger partial charge in [0.1, 0.15) is 0 Å². The highest BCUT2D eigenvalue weighted by molar-refractivity contribution is 8.04. The molecule has 0 N–H and O–H groups in total. The Morgan fingerprint density at radius 1 is 0.754 bits per heavy atom. The lowest BCUT2D eigenvalue weighted by Gasteiger charge is -2.39. The minimum atomic E-state index is 0.234. The summed E-state index contributed by atoms with van der Waals surface area (Å²) in [6, 6.07) is 0.234. The van der Waals surface area contributed by atoms with Crippen molar-refractivity contribution in [3.8, 4) is 0 Å². The molecule has 0 amide bonds. The minimum absolute atomic E-state index is 0.234. The third-order valence-electron chi connectivity index (χ3n) is 14.0. The van der Waals surface area contributed by atoms with Gasteiger partial charge in [-0.25, -0.2) is 0 Å². The third-order valence-corrected chi connectivity index (χ3v) is 15.3. The summed E-state index contributed by atoms with van der Waals surface area (Å²) in [6.45, 7) is 9.09. The zero-order valence-electron chi connectivity index (χ0n) is 33.8. The maximum absolute atomic E-state index is 4.28. The lowest BCUT2D eigenvalue weighted by Crippen LogP contribution is -2.35. The molecule has 0 radical (unpaired) electrons. The van der Waals surface area contributed by atoms with Crippen molar-refractivity contribution in [3.05, 3.63) is 213 Å². The first kappa shape index (κ1) is 36.8. The second-order valence-corrected chi connectivity index (χ2v) is 18.9. The molecule has 0 aromatic carbocycles. The van der Waals surface area contributed by atoms with Gasteiger partial charge in [0.05, 0.1) is 6.04 Å². The molecule has 9 aliphatic carbocycles. The van der Waals surface area contributed by atoms with E-state index in [1.807, 2.05) is 6.08 Å². The van der Waals surface area contributed by atoms with Gasteiger partial charge in [-0.1, -0.05) is 154 Å². The molecule has 10 rings (SSSR count). The van der Waals surface area contributed by atoms with Gasteiger partial charge >= 0.3 is 0 Å². The summed E-state index contributed by atoms with van der Waals surface area (Å²) >= 11 is 2.10. The smallest absolute Gasteiger partial charge is 0.0557 e. The molecule has 1 nitrogen and oxygen atoms in total. The Morgan fingerprint density at radius 3 is 2.42 bits per heavy atom. The average molecular weight is 764 g/mol. The molecule has 1 aliphatic heterocycles. The maximum atomic E-state index is 4.28. The van der Waals surface area contributed by atoms with E-state index in [4.69, 9.17) is 0 Å². The zero-order valence-corrected chi connectivity index (χ0v) is 34.6. The molecule has 0 spiro atoms. The van der Waals surface area contributed by atoms with Gasteiger partial charge in [-0.3, -0.25) is 0 Å². The van der Waals surface area contributed by atoms with Crippen molar-refractivity contribution in [2.45, 2.75) is 82.9 Å². The van der Waals surface area contributed by atoms with Gasteiger partial charge in [0, 0.05) is 45.2 Å². The highest BCUT2D eigenvalue weighted by atomic mass is 32.2. The predicted molar refractivity (Wildman–Crippen MR) is 244 cm³/mol. The Bertz CT molecular complexity index is 2280. The molecule has 0 aromatic rings. The van der Waals surface area contributed by atoms with Crippen LogP contribution >= 0.6 is 11.8 Å². The van der Waals surface area contributed by atoms with Gasteiger partial charge in [-0.15, -0.1) is 11.8 Å². The Morgan fingerprint density at radius 2 is 1.56 bits per heavy atom. The van der Waals surface area contributed by atoms with Crippen molar-refractivity contribution in [3.63, 3.8) is 0 Å². The molecule has 10 aliphatic rings. The first-order valence-electron chi connectivity index (χ1n) is 22.0. The van der Waals surface area contributed by atoms with Crippen LogP contribution in [0, 0.1) is 35.5 Å². The van der Waals surface area contributed by atoms with Crippen molar-refractivity contribution >= 4 is 11.8 Å². The van der Waals surface area contributed by atoms with E-state index in [1.54, 1.807) is 16.7 Å². The standard InChI is InChI=1S/C55H57NS/c1-4-11-44(18-9-17-42-16-8-15-41-14-7-12-37(3)54(41)42)56(51-20-10-21-53-55(51)50-34-36(2)22-33-52(50)57-53)45-29-25-38(26-30-45)43-24-23-40-28-31-47-46-19-6-5-13-39(46)27-32-48(47)49(40)35-43/h4-7,10-11,13-15,19-20,23-29,31-37,39-40,45-46,49,53H,1,8-9,12,16-18,21-22,30H2,2-3H3/b44-11+. The molecule has 1 heterocycles. The number of fused-ring (bicyclic) bond motifs is 8. The summed E-state index contributed by atoms with van der Waals surface area (Å²) in [5.74, 6) is 2.94. The van der Waals surface area contributed by atoms with E-state index in [9.17, 15) is 0 Å². The van der Waals surface area contributed by atoms with Crippen LogP contribution in [0.5, 0.6) is 0 Å². The van der Waals surface area contributed by atoms with Crippen molar-refractivity contribution in [1.82, 2.24) is 4.90 Å². The molecule has 1 saturated heterocycles. The van der Waals surface area contributed by atoms with Gasteiger partial charge in [0.2, 0.25) is 0 Å². The molecule has 57 heavy (non-hydrogen) atoms. The first-order valence-corrected chi connectivity index (χ1v) is 22.9. The summed E-state index contributed by atoms with van der Waals surface area (Å²) in [4.78, 5) is 4.24. The number of allylic oxidation sites excluding steroid dienone is 30. The van der Waals surface area contributed by atoms with Gasteiger partial charge in [0.15, 0.2) is 0 Å². The molecule has 1 fully saturated rings. The Labute approximate surface area is 346 Å². The molecular formula is C55H57NS. The zero-order chi connectivity index (χ0) is 38.5. The molecule has 8 atom stereocenters. The maximum Gasteiger partial charge on any atom is 0.0557 e. The van der Waals surface area contributed by atoms with Crippen molar-refractivity contribution in [1.29, 1.82) is 0 Å². The second-order valence-electron chi connectivity index (χ2n) is 17.7. The van der Waals surface area contributed by atoms with Crippen LogP contribution in [-0.2, 0) is 0 Å². The van der Waals surface area contributed by atoms with Crippen LogP contribution in [0.15, 0.2) is 213 Å². The van der Waals surface area contributed by atoms with E-state index in [0.717, 1.165) is 32.1 Å². The fourth-order valence-corrected chi connectivity index (χ4v) is 12.6. The molecule has 2 heteroatoms. The van der Waals surface area contributed by atoms with Crippen LogP contribution in [0.1, 0.15) is 71.6 Å². The van der Waals surface area contributed by atoms with Crippen LogP contribution in [0.25, 0.3) is 0 Å². The molecular weight excluding hydrogens is 707 g/mol. The monoisotopic (exact) mass is 763 g/mol. The summed E-state index contributed by atoms with van der Waals surface area (Å²) in [6.07, 6.45) is 65.5. The minimum Gasteiger partial charge on any atom is -0.338 e. The quantitative estimate of drug-likeness (QED) is 0.215.